The number of nitrogens with zero attached hydrogens (tertiary/aromatic N) is 1. The van der Waals surface area contributed by atoms with Crippen molar-refractivity contribution in [2.24, 2.45) is 5.92 Å². The summed E-state index contributed by atoms with van der Waals surface area (Å²) in [4.78, 5) is 13.8. The molecular formula is C13H18ClN3O. The fraction of sp³-hybridized carbons (Fsp3) is 0.462. The van der Waals surface area contributed by atoms with Gasteiger partial charge in [0.15, 0.2) is 0 Å². The number of piperidine rings is 1. The Morgan fingerprint density at radius 2 is 2.33 bits per heavy atom. The van der Waals surface area contributed by atoms with Gasteiger partial charge in [0.2, 0.25) is 5.91 Å². The number of nitrogens with one attached hydrogen (secondary N) is 1. The number of hydrogen-bond donors (Lipinski definition) is 2. The highest BCUT2D eigenvalue weighted by atomic mass is 35.5. The quantitative estimate of drug-likeness (QED) is 0.805. The molecule has 1 aliphatic heterocycles. The van der Waals surface area contributed by atoms with Gasteiger partial charge in [-0.1, -0.05) is 17.7 Å². The zero-order valence-corrected chi connectivity index (χ0v) is 11.2. The first-order valence-corrected chi connectivity index (χ1v) is 6.51. The molecule has 0 saturated carbocycles. The van der Waals surface area contributed by atoms with E-state index in [1.54, 1.807) is 13.1 Å². The molecule has 1 aromatic rings. The summed E-state index contributed by atoms with van der Waals surface area (Å²) in [5, 5.41) is 3.27. The van der Waals surface area contributed by atoms with Gasteiger partial charge in [-0.3, -0.25) is 4.79 Å². The summed E-state index contributed by atoms with van der Waals surface area (Å²) in [5.41, 5.74) is 7.51. The SMILES string of the molecule is CNC(=O)C1CCCN(c2cccc(Cl)c2N)C1. The van der Waals surface area contributed by atoms with E-state index in [-0.39, 0.29) is 11.8 Å². The molecule has 3 N–H and O–H groups in total. The van der Waals surface area contributed by atoms with E-state index >= 15 is 0 Å². The Kier molecular flexibility index (Phi) is 3.97. The number of amides is 1. The normalized spacial score (nSPS) is 19.7. The van der Waals surface area contributed by atoms with E-state index in [4.69, 9.17) is 17.3 Å². The van der Waals surface area contributed by atoms with E-state index < -0.39 is 0 Å². The number of benzene rings is 1. The van der Waals surface area contributed by atoms with Gasteiger partial charge in [-0.25, -0.2) is 0 Å². The Morgan fingerprint density at radius 1 is 1.56 bits per heavy atom. The van der Waals surface area contributed by atoms with Crippen LogP contribution in [0.15, 0.2) is 18.2 Å². The first-order chi connectivity index (χ1) is 8.63. The minimum atomic E-state index is 0.0298. The molecule has 0 aromatic heterocycles. The number of nitrogen functional groups attached to an aromatic ring is 1. The number of carbonyl (C=O) groups is 1. The summed E-state index contributed by atoms with van der Waals surface area (Å²) < 4.78 is 0. The number of para-hydroxylation sites is 1. The smallest absolute Gasteiger partial charge is 0.224 e. The average Bonchev–Trinajstić information content (AvgIpc) is 2.41. The predicted molar refractivity (Wildman–Crippen MR) is 74.9 cm³/mol. The summed E-state index contributed by atoms with van der Waals surface area (Å²) in [6.45, 7) is 1.61. The minimum Gasteiger partial charge on any atom is -0.396 e. The molecule has 18 heavy (non-hydrogen) atoms. The molecule has 1 aromatic carbocycles. The van der Waals surface area contributed by atoms with E-state index in [0.717, 1.165) is 25.1 Å². The molecule has 98 valence electrons. The van der Waals surface area contributed by atoms with E-state index in [0.29, 0.717) is 17.3 Å². The third-order valence-electron chi connectivity index (χ3n) is 3.41. The Balaban J connectivity index is 2.18. The number of nitrogens with two attached hydrogens (primary N) is 1. The molecule has 0 aliphatic carbocycles. The van der Waals surface area contributed by atoms with Gasteiger partial charge >= 0.3 is 0 Å². The standard InChI is InChI=1S/C13H18ClN3O/c1-16-13(18)9-4-3-7-17(8-9)11-6-2-5-10(14)12(11)15/h2,5-6,9H,3-4,7-8,15H2,1H3,(H,16,18). The fourth-order valence-corrected chi connectivity index (χ4v) is 2.59. The first kappa shape index (κ1) is 13.0. The third-order valence-corrected chi connectivity index (χ3v) is 3.74. The van der Waals surface area contributed by atoms with Crippen molar-refractivity contribution in [2.75, 3.05) is 30.8 Å². The van der Waals surface area contributed by atoms with E-state index in [2.05, 4.69) is 10.2 Å². The molecular weight excluding hydrogens is 250 g/mol. The number of hydrogen-bond acceptors (Lipinski definition) is 3. The van der Waals surface area contributed by atoms with Crippen LogP contribution in [0.4, 0.5) is 11.4 Å². The molecule has 1 unspecified atom stereocenters. The maximum Gasteiger partial charge on any atom is 0.224 e. The molecule has 1 atom stereocenters. The van der Waals surface area contributed by atoms with Crippen LogP contribution in [0.2, 0.25) is 5.02 Å². The van der Waals surface area contributed by atoms with Crippen LogP contribution in [0.1, 0.15) is 12.8 Å². The zero-order valence-electron chi connectivity index (χ0n) is 10.4. The second-order valence-corrected chi connectivity index (χ2v) is 4.98. The van der Waals surface area contributed by atoms with Crippen molar-refractivity contribution in [1.82, 2.24) is 5.32 Å². The first-order valence-electron chi connectivity index (χ1n) is 6.14. The molecule has 1 amide bonds. The maximum absolute atomic E-state index is 11.7. The van der Waals surface area contributed by atoms with Gasteiger partial charge in [0.1, 0.15) is 0 Å². The molecule has 0 bridgehead atoms. The van der Waals surface area contributed by atoms with Crippen molar-refractivity contribution in [2.45, 2.75) is 12.8 Å². The highest BCUT2D eigenvalue weighted by Gasteiger charge is 2.26. The highest BCUT2D eigenvalue weighted by molar-refractivity contribution is 6.33. The predicted octanol–water partition coefficient (Wildman–Crippen LogP) is 1.88. The van der Waals surface area contributed by atoms with Gasteiger partial charge in [0, 0.05) is 20.1 Å². The van der Waals surface area contributed by atoms with Crippen LogP contribution in [-0.4, -0.2) is 26.0 Å². The zero-order chi connectivity index (χ0) is 13.1. The average molecular weight is 268 g/mol. The van der Waals surface area contributed by atoms with Gasteiger partial charge in [-0.05, 0) is 25.0 Å². The molecule has 1 aliphatic rings. The number of halogens is 1. The molecule has 0 radical (unpaired) electrons. The lowest BCUT2D eigenvalue weighted by Gasteiger charge is -2.34. The monoisotopic (exact) mass is 267 g/mol. The summed E-state index contributed by atoms with van der Waals surface area (Å²) in [6, 6.07) is 5.62. The van der Waals surface area contributed by atoms with Crippen molar-refractivity contribution < 1.29 is 4.79 Å². The summed E-state index contributed by atoms with van der Waals surface area (Å²) in [6.07, 6.45) is 1.92. The molecule has 1 saturated heterocycles. The van der Waals surface area contributed by atoms with E-state index in [9.17, 15) is 4.79 Å². The summed E-state index contributed by atoms with van der Waals surface area (Å²) in [5.74, 6) is 0.127. The van der Waals surface area contributed by atoms with Crippen molar-refractivity contribution in [1.29, 1.82) is 0 Å². The maximum atomic E-state index is 11.7. The van der Waals surface area contributed by atoms with Crippen molar-refractivity contribution in [3.8, 4) is 0 Å². The Bertz CT molecular complexity index is 450. The van der Waals surface area contributed by atoms with E-state index in [1.807, 2.05) is 12.1 Å². The van der Waals surface area contributed by atoms with Gasteiger partial charge in [-0.2, -0.15) is 0 Å². The van der Waals surface area contributed by atoms with Crippen LogP contribution in [0.25, 0.3) is 0 Å². The number of anilines is 2. The number of rotatable bonds is 2. The van der Waals surface area contributed by atoms with Crippen LogP contribution >= 0.6 is 11.6 Å². The molecule has 2 rings (SSSR count). The molecule has 0 spiro atoms. The topological polar surface area (TPSA) is 58.4 Å². The number of carbonyl (C=O) groups excluding carboxylic acids is 1. The molecule has 1 fully saturated rings. The van der Waals surface area contributed by atoms with Crippen molar-refractivity contribution in [3.63, 3.8) is 0 Å². The Morgan fingerprint density at radius 3 is 3.06 bits per heavy atom. The lowest BCUT2D eigenvalue weighted by atomic mass is 9.96. The van der Waals surface area contributed by atoms with Crippen LogP contribution in [-0.2, 0) is 4.79 Å². The molecule has 5 heteroatoms. The lowest BCUT2D eigenvalue weighted by molar-refractivity contribution is -0.124. The van der Waals surface area contributed by atoms with Crippen molar-refractivity contribution >= 4 is 28.9 Å². The third kappa shape index (κ3) is 2.53. The minimum absolute atomic E-state index is 0.0298. The van der Waals surface area contributed by atoms with Gasteiger partial charge in [0.25, 0.3) is 0 Å². The van der Waals surface area contributed by atoms with E-state index in [1.165, 1.54) is 0 Å². The van der Waals surface area contributed by atoms with Crippen LogP contribution in [0.5, 0.6) is 0 Å². The van der Waals surface area contributed by atoms with Crippen LogP contribution in [0.3, 0.4) is 0 Å². The second kappa shape index (κ2) is 5.48. The second-order valence-electron chi connectivity index (χ2n) is 4.57. The van der Waals surface area contributed by atoms with Gasteiger partial charge in [-0.15, -0.1) is 0 Å². The van der Waals surface area contributed by atoms with Crippen molar-refractivity contribution in [3.05, 3.63) is 23.2 Å². The summed E-state index contributed by atoms with van der Waals surface area (Å²) >= 11 is 6.03. The molecule has 4 nitrogen and oxygen atoms in total. The van der Waals surface area contributed by atoms with Gasteiger partial charge in [0.05, 0.1) is 22.3 Å². The molecule has 1 heterocycles. The fourth-order valence-electron chi connectivity index (χ4n) is 2.42. The largest absolute Gasteiger partial charge is 0.396 e. The highest BCUT2D eigenvalue weighted by Crippen LogP contribution is 2.32. The lowest BCUT2D eigenvalue weighted by Crippen LogP contribution is -2.42. The summed E-state index contributed by atoms with van der Waals surface area (Å²) in [7, 11) is 1.68. The Hall–Kier alpha value is -1.42. The van der Waals surface area contributed by atoms with Gasteiger partial charge < -0.3 is 16.0 Å². The Labute approximate surface area is 112 Å². The van der Waals surface area contributed by atoms with Crippen LogP contribution in [0, 0.1) is 5.92 Å². The van der Waals surface area contributed by atoms with Crippen LogP contribution < -0.4 is 16.0 Å².